The molecule has 1 heterocycles. The van der Waals surface area contributed by atoms with Crippen LogP contribution < -0.4 is 5.32 Å². The third kappa shape index (κ3) is 2.61. The predicted molar refractivity (Wildman–Crippen MR) is 74.1 cm³/mol. The third-order valence-corrected chi connectivity index (χ3v) is 3.73. The van der Waals surface area contributed by atoms with Crippen LogP contribution in [0.2, 0.25) is 0 Å². The number of rotatable bonds is 2. The third-order valence-electron chi connectivity index (χ3n) is 3.73. The van der Waals surface area contributed by atoms with E-state index in [0.29, 0.717) is 11.1 Å². The normalized spacial score (nSPS) is 15.4. The number of hydrogen-bond acceptors (Lipinski definition) is 2. The monoisotopic (exact) mass is 293 g/mol. The zero-order chi connectivity index (χ0) is 15.0. The Kier molecular flexibility index (Phi) is 3.37. The molecule has 0 aromatic heterocycles. The van der Waals surface area contributed by atoms with Gasteiger partial charge >= 0.3 is 6.18 Å². The van der Waals surface area contributed by atoms with Crippen molar-refractivity contribution in [3.8, 4) is 0 Å². The molecule has 1 aliphatic heterocycles. The maximum absolute atomic E-state index is 12.6. The first-order chi connectivity index (χ1) is 9.97. The maximum Gasteiger partial charge on any atom is 0.416 e. The summed E-state index contributed by atoms with van der Waals surface area (Å²) in [5, 5.41) is 13.6. The van der Waals surface area contributed by atoms with Crippen molar-refractivity contribution in [2.24, 2.45) is 0 Å². The molecule has 1 unspecified atom stereocenters. The van der Waals surface area contributed by atoms with E-state index in [1.807, 2.05) is 12.1 Å². The fourth-order valence-electron chi connectivity index (χ4n) is 2.63. The molecule has 2 nitrogen and oxygen atoms in total. The van der Waals surface area contributed by atoms with Gasteiger partial charge in [-0.3, -0.25) is 0 Å². The number of halogens is 3. The van der Waals surface area contributed by atoms with E-state index < -0.39 is 17.8 Å². The summed E-state index contributed by atoms with van der Waals surface area (Å²) in [6.07, 6.45) is -4.41. The molecule has 1 aliphatic rings. The van der Waals surface area contributed by atoms with Crippen molar-refractivity contribution in [1.82, 2.24) is 0 Å². The van der Waals surface area contributed by atoms with E-state index in [4.69, 9.17) is 0 Å². The second-order valence-corrected chi connectivity index (χ2v) is 5.08. The van der Waals surface area contributed by atoms with Gasteiger partial charge in [-0.2, -0.15) is 13.2 Å². The van der Waals surface area contributed by atoms with Crippen LogP contribution in [0.25, 0.3) is 0 Å². The maximum atomic E-state index is 12.6. The van der Waals surface area contributed by atoms with E-state index >= 15 is 0 Å². The van der Waals surface area contributed by atoms with Gasteiger partial charge in [-0.1, -0.05) is 30.3 Å². The second kappa shape index (κ2) is 5.07. The number of aliphatic hydroxyl groups is 1. The number of hydrogen-bond donors (Lipinski definition) is 2. The highest BCUT2D eigenvalue weighted by Gasteiger charge is 2.30. The van der Waals surface area contributed by atoms with E-state index in [-0.39, 0.29) is 0 Å². The largest absolute Gasteiger partial charge is 0.416 e. The Morgan fingerprint density at radius 2 is 1.76 bits per heavy atom. The van der Waals surface area contributed by atoms with E-state index in [9.17, 15) is 18.3 Å². The van der Waals surface area contributed by atoms with Gasteiger partial charge in [0.2, 0.25) is 0 Å². The molecule has 0 bridgehead atoms. The topological polar surface area (TPSA) is 32.3 Å². The van der Waals surface area contributed by atoms with Crippen molar-refractivity contribution in [2.75, 3.05) is 11.9 Å². The summed E-state index contributed by atoms with van der Waals surface area (Å²) in [5.41, 5.74) is 2.45. The molecule has 0 saturated heterocycles. The lowest BCUT2D eigenvalue weighted by molar-refractivity contribution is -0.137. The quantitative estimate of drug-likeness (QED) is 0.883. The van der Waals surface area contributed by atoms with Crippen molar-refractivity contribution in [3.63, 3.8) is 0 Å². The molecule has 0 saturated carbocycles. The Bertz CT molecular complexity index is 650. The molecule has 0 aliphatic carbocycles. The molecule has 21 heavy (non-hydrogen) atoms. The number of para-hydroxylation sites is 1. The Morgan fingerprint density at radius 3 is 2.43 bits per heavy atom. The lowest BCUT2D eigenvalue weighted by Gasteiger charge is -2.16. The summed E-state index contributed by atoms with van der Waals surface area (Å²) in [6, 6.07) is 10.3. The highest BCUT2D eigenvalue weighted by molar-refractivity contribution is 5.63. The molecule has 5 heteroatoms. The molecule has 2 aromatic carbocycles. The summed E-state index contributed by atoms with van der Waals surface area (Å²) >= 11 is 0. The highest BCUT2D eigenvalue weighted by Crippen LogP contribution is 2.35. The number of fused-ring (bicyclic) bond motifs is 1. The Labute approximate surface area is 120 Å². The fourth-order valence-corrected chi connectivity index (χ4v) is 2.63. The van der Waals surface area contributed by atoms with Gasteiger partial charge < -0.3 is 10.4 Å². The summed E-state index contributed by atoms with van der Waals surface area (Å²) in [7, 11) is 0. The molecule has 3 rings (SSSR count). The van der Waals surface area contributed by atoms with E-state index in [1.54, 1.807) is 6.07 Å². The van der Waals surface area contributed by atoms with Crippen LogP contribution in [0, 0.1) is 0 Å². The van der Waals surface area contributed by atoms with Crippen LogP contribution in [0.5, 0.6) is 0 Å². The minimum atomic E-state index is -4.36. The number of nitrogens with one attached hydrogen (secondary N) is 1. The summed E-state index contributed by atoms with van der Waals surface area (Å²) in [5.74, 6) is 0. The van der Waals surface area contributed by atoms with Crippen LogP contribution in [0.15, 0.2) is 42.5 Å². The Hall–Kier alpha value is -2.01. The predicted octanol–water partition coefficient (Wildman–Crippen LogP) is 3.76. The number of anilines is 1. The Morgan fingerprint density at radius 1 is 1.05 bits per heavy atom. The van der Waals surface area contributed by atoms with Crippen LogP contribution >= 0.6 is 0 Å². The first-order valence-electron chi connectivity index (χ1n) is 6.67. The van der Waals surface area contributed by atoms with Gasteiger partial charge in [0, 0.05) is 17.8 Å². The van der Waals surface area contributed by atoms with Crippen LogP contribution in [-0.4, -0.2) is 11.7 Å². The fraction of sp³-hybridized carbons (Fsp3) is 0.250. The second-order valence-electron chi connectivity index (χ2n) is 5.08. The van der Waals surface area contributed by atoms with Crippen molar-refractivity contribution in [2.45, 2.75) is 18.7 Å². The van der Waals surface area contributed by atoms with Gasteiger partial charge in [0.1, 0.15) is 6.10 Å². The lowest BCUT2D eigenvalue weighted by Crippen LogP contribution is -2.07. The summed E-state index contributed by atoms with van der Waals surface area (Å²) < 4.78 is 37.7. The lowest BCUT2D eigenvalue weighted by atomic mass is 9.97. The SMILES string of the molecule is OC(c1ccc(C(F)(F)F)cc1)c1cccc2c1NCC2. The minimum Gasteiger partial charge on any atom is -0.384 e. The van der Waals surface area contributed by atoms with Crippen molar-refractivity contribution >= 4 is 5.69 Å². The highest BCUT2D eigenvalue weighted by atomic mass is 19.4. The van der Waals surface area contributed by atoms with Gasteiger partial charge in [-0.15, -0.1) is 0 Å². The molecule has 1 atom stereocenters. The zero-order valence-electron chi connectivity index (χ0n) is 11.1. The number of alkyl halides is 3. The van der Waals surface area contributed by atoms with Crippen molar-refractivity contribution in [1.29, 1.82) is 0 Å². The smallest absolute Gasteiger partial charge is 0.384 e. The molecular formula is C16H14F3NO. The molecular weight excluding hydrogens is 279 g/mol. The molecule has 0 spiro atoms. The molecule has 2 aromatic rings. The number of benzene rings is 2. The van der Waals surface area contributed by atoms with Gasteiger partial charge in [0.05, 0.1) is 5.56 Å². The van der Waals surface area contributed by atoms with Crippen LogP contribution in [0.1, 0.15) is 28.4 Å². The van der Waals surface area contributed by atoms with E-state index in [0.717, 1.165) is 36.3 Å². The zero-order valence-corrected chi connectivity index (χ0v) is 11.1. The molecule has 0 radical (unpaired) electrons. The Balaban J connectivity index is 1.93. The summed E-state index contributed by atoms with van der Waals surface area (Å²) in [4.78, 5) is 0. The molecule has 0 fully saturated rings. The average Bonchev–Trinajstić information content (AvgIpc) is 2.94. The first kappa shape index (κ1) is 13.9. The average molecular weight is 293 g/mol. The van der Waals surface area contributed by atoms with Gasteiger partial charge in [-0.05, 0) is 29.7 Å². The van der Waals surface area contributed by atoms with Crippen LogP contribution in [0.3, 0.4) is 0 Å². The first-order valence-corrected chi connectivity index (χ1v) is 6.67. The van der Waals surface area contributed by atoms with E-state index in [2.05, 4.69) is 5.32 Å². The van der Waals surface area contributed by atoms with Crippen LogP contribution in [0.4, 0.5) is 18.9 Å². The summed E-state index contributed by atoms with van der Waals surface area (Å²) in [6.45, 7) is 0.812. The standard InChI is InChI=1S/C16H14F3NO/c17-16(18,19)12-6-4-11(5-7-12)15(21)13-3-1-2-10-8-9-20-14(10)13/h1-7,15,20-21H,8-9H2. The molecule has 2 N–H and O–H groups in total. The molecule has 0 amide bonds. The van der Waals surface area contributed by atoms with Crippen molar-refractivity contribution in [3.05, 3.63) is 64.7 Å². The molecule has 110 valence electrons. The van der Waals surface area contributed by atoms with Gasteiger partial charge in [-0.25, -0.2) is 0 Å². The van der Waals surface area contributed by atoms with Gasteiger partial charge in [0.15, 0.2) is 0 Å². The van der Waals surface area contributed by atoms with Gasteiger partial charge in [0.25, 0.3) is 0 Å². The number of aliphatic hydroxyl groups excluding tert-OH is 1. The van der Waals surface area contributed by atoms with Crippen molar-refractivity contribution < 1.29 is 18.3 Å². The van der Waals surface area contributed by atoms with E-state index in [1.165, 1.54) is 12.1 Å². The van der Waals surface area contributed by atoms with Crippen LogP contribution in [-0.2, 0) is 12.6 Å². The minimum absolute atomic E-state index is 0.449.